The number of rotatable bonds is 5. The second kappa shape index (κ2) is 7.23. The highest BCUT2D eigenvalue weighted by Crippen LogP contribution is 2.18. The number of amides is 1. The number of benzene rings is 1. The van der Waals surface area contributed by atoms with Crippen LogP contribution in [-0.2, 0) is 16.4 Å². The molecule has 1 atom stereocenters. The third kappa shape index (κ3) is 4.57. The third-order valence-corrected chi connectivity index (χ3v) is 6.06. The lowest BCUT2D eigenvalue weighted by Gasteiger charge is -2.13. The summed E-state index contributed by atoms with van der Waals surface area (Å²) in [5, 5.41) is 6.04. The van der Waals surface area contributed by atoms with Crippen LogP contribution >= 0.6 is 0 Å². The minimum atomic E-state index is -2.94. The van der Waals surface area contributed by atoms with Crippen LogP contribution in [-0.4, -0.2) is 36.9 Å². The van der Waals surface area contributed by atoms with Crippen molar-refractivity contribution in [2.75, 3.05) is 16.8 Å². The molecule has 1 fully saturated rings. The van der Waals surface area contributed by atoms with Gasteiger partial charge < -0.3 is 10.6 Å². The molecule has 0 saturated carbocycles. The van der Waals surface area contributed by atoms with Crippen LogP contribution in [0.25, 0.3) is 0 Å². The zero-order chi connectivity index (χ0) is 17.9. The predicted molar refractivity (Wildman–Crippen MR) is 97.3 cm³/mol. The Balaban J connectivity index is 1.63. The van der Waals surface area contributed by atoms with Gasteiger partial charge in [-0.2, -0.15) is 0 Å². The molecule has 1 aliphatic heterocycles. The molecular weight excluding hydrogens is 338 g/mol. The van der Waals surface area contributed by atoms with Crippen LogP contribution in [0.3, 0.4) is 0 Å². The normalized spacial score (nSPS) is 18.7. The standard InChI is InChI=1S/C18H21N3O3S/c1-13-4-2-3-5-14(13)11-20-18(22)17-10-15(6-8-19-17)21-16-7-9-25(23,24)12-16/h2-6,8,10,16H,7,9,11-12H2,1H3,(H,19,21)(H,20,22). The monoisotopic (exact) mass is 359 g/mol. The van der Waals surface area contributed by atoms with Gasteiger partial charge in [0.15, 0.2) is 9.84 Å². The number of hydrogen-bond donors (Lipinski definition) is 2. The van der Waals surface area contributed by atoms with Gasteiger partial charge in [-0.1, -0.05) is 24.3 Å². The quantitative estimate of drug-likeness (QED) is 0.851. The minimum Gasteiger partial charge on any atom is -0.381 e. The molecule has 1 aliphatic rings. The molecule has 132 valence electrons. The van der Waals surface area contributed by atoms with E-state index in [9.17, 15) is 13.2 Å². The van der Waals surface area contributed by atoms with Crippen molar-refractivity contribution in [2.24, 2.45) is 0 Å². The molecule has 1 aromatic heterocycles. The van der Waals surface area contributed by atoms with Crippen molar-refractivity contribution in [3.05, 3.63) is 59.4 Å². The summed E-state index contributed by atoms with van der Waals surface area (Å²) < 4.78 is 23.1. The van der Waals surface area contributed by atoms with Crippen LogP contribution in [0.4, 0.5) is 5.69 Å². The molecule has 1 aromatic carbocycles. The first-order chi connectivity index (χ1) is 11.9. The van der Waals surface area contributed by atoms with E-state index in [2.05, 4.69) is 15.6 Å². The molecule has 6 nitrogen and oxygen atoms in total. The number of hydrogen-bond acceptors (Lipinski definition) is 5. The van der Waals surface area contributed by atoms with Gasteiger partial charge in [-0.15, -0.1) is 0 Å². The van der Waals surface area contributed by atoms with E-state index in [0.29, 0.717) is 24.3 Å². The molecule has 2 aromatic rings. The van der Waals surface area contributed by atoms with E-state index >= 15 is 0 Å². The summed E-state index contributed by atoms with van der Waals surface area (Å²) in [5.74, 6) is 0.0786. The van der Waals surface area contributed by atoms with Crippen molar-refractivity contribution in [3.63, 3.8) is 0 Å². The average molecular weight is 359 g/mol. The van der Waals surface area contributed by atoms with E-state index in [1.807, 2.05) is 31.2 Å². The van der Waals surface area contributed by atoms with Crippen LogP contribution in [0.2, 0.25) is 0 Å². The van der Waals surface area contributed by atoms with Gasteiger partial charge in [-0.25, -0.2) is 8.42 Å². The maximum absolute atomic E-state index is 12.3. The first-order valence-corrected chi connectivity index (χ1v) is 10.0. The maximum Gasteiger partial charge on any atom is 0.270 e. The van der Waals surface area contributed by atoms with Gasteiger partial charge in [0, 0.05) is 24.5 Å². The highest BCUT2D eigenvalue weighted by Gasteiger charge is 2.27. The summed E-state index contributed by atoms with van der Waals surface area (Å²) in [6.45, 7) is 2.44. The van der Waals surface area contributed by atoms with Gasteiger partial charge >= 0.3 is 0 Å². The van der Waals surface area contributed by atoms with E-state index in [-0.39, 0.29) is 23.5 Å². The Hall–Kier alpha value is -2.41. The molecule has 0 spiro atoms. The van der Waals surface area contributed by atoms with E-state index in [0.717, 1.165) is 11.1 Å². The Labute approximate surface area is 147 Å². The molecule has 1 unspecified atom stereocenters. The topological polar surface area (TPSA) is 88.2 Å². The van der Waals surface area contributed by atoms with Crippen molar-refractivity contribution in [2.45, 2.75) is 25.9 Å². The van der Waals surface area contributed by atoms with E-state index in [1.165, 1.54) is 0 Å². The lowest BCUT2D eigenvalue weighted by atomic mass is 10.1. The number of sulfone groups is 1. The van der Waals surface area contributed by atoms with Crippen molar-refractivity contribution in [3.8, 4) is 0 Å². The molecule has 2 heterocycles. The number of pyridine rings is 1. The van der Waals surface area contributed by atoms with E-state index < -0.39 is 9.84 Å². The summed E-state index contributed by atoms with van der Waals surface area (Å²) in [6.07, 6.45) is 2.13. The van der Waals surface area contributed by atoms with Crippen LogP contribution in [0.5, 0.6) is 0 Å². The molecule has 0 bridgehead atoms. The maximum atomic E-state index is 12.3. The fourth-order valence-electron chi connectivity index (χ4n) is 2.86. The lowest BCUT2D eigenvalue weighted by molar-refractivity contribution is 0.0946. The number of carbonyl (C=O) groups is 1. The van der Waals surface area contributed by atoms with Crippen LogP contribution in [0.1, 0.15) is 28.0 Å². The van der Waals surface area contributed by atoms with Crippen LogP contribution in [0, 0.1) is 6.92 Å². The highest BCUT2D eigenvalue weighted by molar-refractivity contribution is 7.91. The van der Waals surface area contributed by atoms with Crippen LogP contribution < -0.4 is 10.6 Å². The SMILES string of the molecule is Cc1ccccc1CNC(=O)c1cc(NC2CCS(=O)(=O)C2)ccn1. The van der Waals surface area contributed by atoms with Gasteiger partial charge in [-0.05, 0) is 36.6 Å². The van der Waals surface area contributed by atoms with Crippen molar-refractivity contribution < 1.29 is 13.2 Å². The fourth-order valence-corrected chi connectivity index (χ4v) is 4.54. The first-order valence-electron chi connectivity index (χ1n) is 8.19. The Morgan fingerprint density at radius 1 is 1.28 bits per heavy atom. The molecular formula is C18H21N3O3S. The molecule has 3 rings (SSSR count). The highest BCUT2D eigenvalue weighted by atomic mass is 32.2. The number of carbonyl (C=O) groups excluding carboxylic acids is 1. The average Bonchev–Trinajstić information content (AvgIpc) is 2.92. The van der Waals surface area contributed by atoms with E-state index in [1.54, 1.807) is 18.3 Å². The van der Waals surface area contributed by atoms with Gasteiger partial charge in [0.2, 0.25) is 0 Å². The Morgan fingerprint density at radius 3 is 2.80 bits per heavy atom. The van der Waals surface area contributed by atoms with E-state index in [4.69, 9.17) is 0 Å². The predicted octanol–water partition coefficient (Wildman–Crippen LogP) is 1.92. The molecule has 1 amide bonds. The summed E-state index contributed by atoms with van der Waals surface area (Å²) in [4.78, 5) is 16.4. The molecule has 0 aliphatic carbocycles. The summed E-state index contributed by atoms with van der Waals surface area (Å²) >= 11 is 0. The first kappa shape index (κ1) is 17.4. The smallest absolute Gasteiger partial charge is 0.270 e. The molecule has 25 heavy (non-hydrogen) atoms. The summed E-state index contributed by atoms with van der Waals surface area (Å²) in [5.41, 5.74) is 3.19. The Kier molecular flexibility index (Phi) is 5.03. The fraction of sp³-hybridized carbons (Fsp3) is 0.333. The third-order valence-electron chi connectivity index (χ3n) is 4.30. The second-order valence-electron chi connectivity index (χ2n) is 6.28. The second-order valence-corrected chi connectivity index (χ2v) is 8.51. The number of nitrogens with zero attached hydrogens (tertiary/aromatic N) is 1. The zero-order valence-corrected chi connectivity index (χ0v) is 14.8. The zero-order valence-electron chi connectivity index (χ0n) is 14.0. The molecule has 7 heteroatoms. The Morgan fingerprint density at radius 2 is 2.08 bits per heavy atom. The van der Waals surface area contributed by atoms with Crippen molar-refractivity contribution in [1.29, 1.82) is 0 Å². The number of anilines is 1. The van der Waals surface area contributed by atoms with Crippen LogP contribution in [0.15, 0.2) is 42.6 Å². The van der Waals surface area contributed by atoms with Gasteiger partial charge in [0.1, 0.15) is 5.69 Å². The molecule has 2 N–H and O–H groups in total. The van der Waals surface area contributed by atoms with Crippen molar-refractivity contribution >= 4 is 21.4 Å². The molecule has 0 radical (unpaired) electrons. The largest absolute Gasteiger partial charge is 0.381 e. The minimum absolute atomic E-state index is 0.115. The molecule has 1 saturated heterocycles. The number of nitrogens with one attached hydrogen (secondary N) is 2. The number of aryl methyl sites for hydroxylation is 1. The number of aromatic nitrogens is 1. The van der Waals surface area contributed by atoms with Gasteiger partial charge in [-0.3, -0.25) is 9.78 Å². The van der Waals surface area contributed by atoms with Crippen molar-refractivity contribution in [1.82, 2.24) is 10.3 Å². The van der Waals surface area contributed by atoms with Gasteiger partial charge in [0.05, 0.1) is 11.5 Å². The summed E-state index contributed by atoms with van der Waals surface area (Å²) in [6, 6.07) is 11.1. The Bertz CT molecular complexity index is 881. The lowest BCUT2D eigenvalue weighted by Crippen LogP contribution is -2.25. The van der Waals surface area contributed by atoms with Gasteiger partial charge in [0.25, 0.3) is 5.91 Å². The summed E-state index contributed by atoms with van der Waals surface area (Å²) in [7, 11) is -2.94.